The first-order valence-corrected chi connectivity index (χ1v) is 6.90. The van der Waals surface area contributed by atoms with Crippen molar-refractivity contribution < 1.29 is 18.0 Å². The van der Waals surface area contributed by atoms with Crippen LogP contribution in [0.25, 0.3) is 0 Å². The predicted molar refractivity (Wildman–Crippen MR) is 76.9 cm³/mol. The van der Waals surface area contributed by atoms with E-state index in [-0.39, 0.29) is 11.4 Å². The molecule has 1 amide bonds. The van der Waals surface area contributed by atoms with Gasteiger partial charge in [-0.25, -0.2) is 0 Å². The number of amides is 1. The molecule has 0 saturated carbocycles. The van der Waals surface area contributed by atoms with Crippen molar-refractivity contribution in [1.82, 2.24) is 9.78 Å². The van der Waals surface area contributed by atoms with E-state index in [1.165, 1.54) is 23.0 Å². The fraction of sp³-hybridized carbons (Fsp3) is 0.286. The normalized spacial score (nSPS) is 11.5. The number of aryl methyl sites for hydroxylation is 1. The van der Waals surface area contributed by atoms with Gasteiger partial charge < -0.3 is 5.32 Å². The number of anilines is 1. The second kappa shape index (κ2) is 6.39. The summed E-state index contributed by atoms with van der Waals surface area (Å²) in [6.07, 6.45) is -2.34. The average molecular weight is 332 g/mol. The van der Waals surface area contributed by atoms with Crippen molar-refractivity contribution in [3.63, 3.8) is 0 Å². The maximum atomic E-state index is 12.8. The lowest BCUT2D eigenvalue weighted by Crippen LogP contribution is -2.18. The first-order valence-electron chi connectivity index (χ1n) is 6.53. The van der Waals surface area contributed by atoms with E-state index in [0.29, 0.717) is 6.54 Å². The lowest BCUT2D eigenvalue weighted by atomic mass is 10.2. The summed E-state index contributed by atoms with van der Waals surface area (Å²) >= 11 is 5.54. The maximum Gasteiger partial charge on any atom is 0.417 e. The Morgan fingerprint density at radius 3 is 2.73 bits per heavy atom. The van der Waals surface area contributed by atoms with Crippen molar-refractivity contribution >= 4 is 23.2 Å². The molecule has 2 aromatic rings. The van der Waals surface area contributed by atoms with Gasteiger partial charge in [0, 0.05) is 18.4 Å². The van der Waals surface area contributed by atoms with Crippen molar-refractivity contribution in [3.05, 3.63) is 46.7 Å². The number of carbonyl (C=O) groups is 1. The highest BCUT2D eigenvalue weighted by molar-refractivity contribution is 6.31. The van der Waals surface area contributed by atoms with Crippen LogP contribution in [0.2, 0.25) is 5.02 Å². The molecular weight excluding hydrogens is 319 g/mol. The molecule has 1 heterocycles. The van der Waals surface area contributed by atoms with Crippen molar-refractivity contribution in [2.75, 3.05) is 5.32 Å². The Bertz CT molecular complexity index is 682. The zero-order chi connectivity index (χ0) is 16.3. The first kappa shape index (κ1) is 16.4. The van der Waals surface area contributed by atoms with E-state index in [2.05, 4.69) is 10.4 Å². The minimum atomic E-state index is -4.58. The van der Waals surface area contributed by atoms with E-state index in [1.54, 1.807) is 0 Å². The summed E-state index contributed by atoms with van der Waals surface area (Å²) in [6.45, 7) is 2.47. The van der Waals surface area contributed by atoms with E-state index >= 15 is 0 Å². The average Bonchev–Trinajstić information content (AvgIpc) is 2.88. The number of carbonyl (C=O) groups excluding carboxylic acids is 1. The predicted octanol–water partition coefficient (Wildman–Crippen LogP) is 4.22. The molecule has 4 nitrogen and oxygen atoms in total. The van der Waals surface area contributed by atoms with E-state index in [9.17, 15) is 18.0 Å². The second-order valence-corrected chi connectivity index (χ2v) is 4.99. The van der Waals surface area contributed by atoms with Crippen LogP contribution in [0.5, 0.6) is 0 Å². The molecule has 0 fully saturated rings. The lowest BCUT2D eigenvalue weighted by molar-refractivity contribution is -0.137. The summed E-state index contributed by atoms with van der Waals surface area (Å²) < 4.78 is 39.9. The molecule has 1 aromatic carbocycles. The Morgan fingerprint density at radius 2 is 2.09 bits per heavy atom. The number of nitrogens with one attached hydrogen (secondary N) is 1. The fourth-order valence-corrected chi connectivity index (χ4v) is 2.16. The Balaban J connectivity index is 2.24. The van der Waals surface area contributed by atoms with Crippen LogP contribution < -0.4 is 5.32 Å². The van der Waals surface area contributed by atoms with Gasteiger partial charge in [0.2, 0.25) is 0 Å². The summed E-state index contributed by atoms with van der Waals surface area (Å²) in [7, 11) is 0. The van der Waals surface area contributed by atoms with Gasteiger partial charge in [0.25, 0.3) is 5.91 Å². The zero-order valence-electron chi connectivity index (χ0n) is 11.6. The van der Waals surface area contributed by atoms with Crippen LogP contribution in [-0.2, 0) is 12.7 Å². The summed E-state index contributed by atoms with van der Waals surface area (Å²) in [5.74, 6) is -0.526. The molecule has 1 aromatic heterocycles. The monoisotopic (exact) mass is 331 g/mol. The van der Waals surface area contributed by atoms with Crippen LogP contribution in [0.4, 0.5) is 18.9 Å². The quantitative estimate of drug-likeness (QED) is 0.912. The molecule has 0 aliphatic heterocycles. The molecule has 22 heavy (non-hydrogen) atoms. The third kappa shape index (κ3) is 3.59. The summed E-state index contributed by atoms with van der Waals surface area (Å²) in [4.78, 5) is 12.1. The molecule has 1 N–H and O–H groups in total. The smallest absolute Gasteiger partial charge is 0.321 e. The molecule has 0 saturated heterocycles. The number of hydrogen-bond acceptors (Lipinski definition) is 2. The SMILES string of the molecule is CCCn1nccc1C(=O)Nc1ccc(Cl)c(C(F)(F)F)c1. The van der Waals surface area contributed by atoms with Gasteiger partial charge in [-0.2, -0.15) is 18.3 Å². The van der Waals surface area contributed by atoms with E-state index in [0.717, 1.165) is 18.6 Å². The molecule has 0 spiro atoms. The topological polar surface area (TPSA) is 46.9 Å². The molecule has 0 aliphatic rings. The molecule has 0 bridgehead atoms. The molecule has 0 aliphatic carbocycles. The molecule has 0 radical (unpaired) electrons. The van der Waals surface area contributed by atoms with Gasteiger partial charge in [0.1, 0.15) is 5.69 Å². The van der Waals surface area contributed by atoms with Crippen LogP contribution in [0.15, 0.2) is 30.5 Å². The summed E-state index contributed by atoms with van der Waals surface area (Å²) in [6, 6.07) is 4.73. The van der Waals surface area contributed by atoms with Crippen molar-refractivity contribution in [1.29, 1.82) is 0 Å². The third-order valence-corrected chi connectivity index (χ3v) is 3.24. The highest BCUT2D eigenvalue weighted by Gasteiger charge is 2.33. The Hall–Kier alpha value is -2.02. The number of rotatable bonds is 4. The maximum absolute atomic E-state index is 12.8. The van der Waals surface area contributed by atoms with Gasteiger partial charge in [-0.1, -0.05) is 18.5 Å². The van der Waals surface area contributed by atoms with Crippen molar-refractivity contribution in [3.8, 4) is 0 Å². The summed E-state index contributed by atoms with van der Waals surface area (Å²) in [5, 5.41) is 6.00. The molecule has 2 rings (SSSR count). The molecule has 118 valence electrons. The van der Waals surface area contributed by atoms with Gasteiger partial charge in [-0.3, -0.25) is 9.48 Å². The minimum absolute atomic E-state index is 0.0194. The number of nitrogens with zero attached hydrogens (tertiary/aromatic N) is 2. The lowest BCUT2D eigenvalue weighted by Gasteiger charge is -2.12. The largest absolute Gasteiger partial charge is 0.417 e. The van der Waals surface area contributed by atoms with E-state index in [1.807, 2.05) is 6.92 Å². The zero-order valence-corrected chi connectivity index (χ0v) is 12.4. The standard InChI is InChI=1S/C14H13ClF3N3O/c1-2-7-21-12(5-6-19-21)13(22)20-9-3-4-11(15)10(8-9)14(16,17)18/h3-6,8H,2,7H2,1H3,(H,20,22). The van der Waals surface area contributed by atoms with Crippen molar-refractivity contribution in [2.45, 2.75) is 26.1 Å². The first-order chi connectivity index (χ1) is 10.3. The number of aromatic nitrogens is 2. The van der Waals surface area contributed by atoms with Crippen molar-refractivity contribution in [2.24, 2.45) is 0 Å². The van der Waals surface area contributed by atoms with Crippen LogP contribution in [-0.4, -0.2) is 15.7 Å². The van der Waals surface area contributed by atoms with Crippen LogP contribution in [0.1, 0.15) is 29.4 Å². The highest BCUT2D eigenvalue weighted by Crippen LogP contribution is 2.36. The van der Waals surface area contributed by atoms with Gasteiger partial charge >= 0.3 is 6.18 Å². The Labute approximate surface area is 129 Å². The Morgan fingerprint density at radius 1 is 1.36 bits per heavy atom. The van der Waals surface area contributed by atoms with E-state index < -0.39 is 22.7 Å². The fourth-order valence-electron chi connectivity index (χ4n) is 1.93. The molecule has 0 unspecified atom stereocenters. The third-order valence-electron chi connectivity index (χ3n) is 2.91. The number of halogens is 4. The number of hydrogen-bond donors (Lipinski definition) is 1. The van der Waals surface area contributed by atoms with Gasteiger partial charge in [0.05, 0.1) is 10.6 Å². The summed E-state index contributed by atoms with van der Waals surface area (Å²) in [5.41, 5.74) is -0.689. The number of benzene rings is 1. The molecular formula is C14H13ClF3N3O. The second-order valence-electron chi connectivity index (χ2n) is 4.59. The van der Waals surface area contributed by atoms with Crippen LogP contribution in [0.3, 0.4) is 0 Å². The Kier molecular flexibility index (Phi) is 4.75. The van der Waals surface area contributed by atoms with Gasteiger partial charge in [-0.15, -0.1) is 0 Å². The van der Waals surface area contributed by atoms with Gasteiger partial charge in [0.15, 0.2) is 0 Å². The van der Waals surface area contributed by atoms with Gasteiger partial charge in [-0.05, 0) is 30.7 Å². The highest BCUT2D eigenvalue weighted by atomic mass is 35.5. The number of alkyl halides is 3. The van der Waals surface area contributed by atoms with Crippen LogP contribution >= 0.6 is 11.6 Å². The molecule has 0 atom stereocenters. The van der Waals surface area contributed by atoms with E-state index in [4.69, 9.17) is 11.6 Å². The van der Waals surface area contributed by atoms with Crippen LogP contribution in [0, 0.1) is 0 Å². The molecule has 8 heteroatoms. The minimum Gasteiger partial charge on any atom is -0.321 e.